The highest BCUT2D eigenvalue weighted by Gasteiger charge is 2.14. The summed E-state index contributed by atoms with van der Waals surface area (Å²) in [6, 6.07) is 15.3. The monoisotopic (exact) mass is 378 g/mol. The second-order valence-electron chi connectivity index (χ2n) is 5.97. The van der Waals surface area contributed by atoms with Gasteiger partial charge in [0.2, 0.25) is 0 Å². The molecule has 6 nitrogen and oxygen atoms in total. The molecule has 1 N–H and O–H groups in total. The molecule has 0 bridgehead atoms. The van der Waals surface area contributed by atoms with E-state index >= 15 is 0 Å². The van der Waals surface area contributed by atoms with Crippen LogP contribution in [-0.2, 0) is 13.1 Å². The number of carbonyl (C=O) groups is 1. The normalized spacial score (nSPS) is 10.9. The standard InChI is InChI=1S/C20H18N4O2S/c1-26-15-6-2-5-14(11-15)13-24-18(23-16-7-3-9-21-19(16)24)12-22-20(25)17-8-4-10-27-17/h2-11H,12-13H2,1H3,(H,22,25). The fourth-order valence-corrected chi connectivity index (χ4v) is 3.55. The fraction of sp³-hybridized carbons (Fsp3) is 0.150. The molecule has 7 heteroatoms. The zero-order valence-corrected chi connectivity index (χ0v) is 15.6. The number of nitrogens with zero attached hydrogens (tertiary/aromatic N) is 3. The third-order valence-electron chi connectivity index (χ3n) is 4.21. The quantitative estimate of drug-likeness (QED) is 0.558. The predicted octanol–water partition coefficient (Wildman–Crippen LogP) is 3.48. The molecule has 0 aliphatic heterocycles. The van der Waals surface area contributed by atoms with Gasteiger partial charge in [-0.3, -0.25) is 4.79 Å². The predicted molar refractivity (Wildman–Crippen MR) is 105 cm³/mol. The lowest BCUT2D eigenvalue weighted by Crippen LogP contribution is -2.24. The minimum absolute atomic E-state index is 0.0991. The first kappa shape index (κ1) is 17.2. The first-order valence-electron chi connectivity index (χ1n) is 8.49. The molecule has 0 fully saturated rings. The molecule has 1 aromatic carbocycles. The lowest BCUT2D eigenvalue weighted by molar-refractivity contribution is 0.0953. The number of imidazole rings is 1. The van der Waals surface area contributed by atoms with Crippen LogP contribution < -0.4 is 10.1 Å². The van der Waals surface area contributed by atoms with E-state index in [-0.39, 0.29) is 5.91 Å². The topological polar surface area (TPSA) is 69.0 Å². The zero-order valence-electron chi connectivity index (χ0n) is 14.8. The maximum atomic E-state index is 12.3. The van der Waals surface area contributed by atoms with Gasteiger partial charge in [0.15, 0.2) is 5.65 Å². The number of fused-ring (bicyclic) bond motifs is 1. The first-order chi connectivity index (χ1) is 13.2. The van der Waals surface area contributed by atoms with E-state index in [0.29, 0.717) is 18.0 Å². The van der Waals surface area contributed by atoms with Crippen LogP contribution >= 0.6 is 11.3 Å². The molecule has 4 rings (SSSR count). The van der Waals surface area contributed by atoms with Crippen LogP contribution in [0.15, 0.2) is 60.1 Å². The number of pyridine rings is 1. The number of hydrogen-bond acceptors (Lipinski definition) is 5. The number of rotatable bonds is 6. The van der Waals surface area contributed by atoms with Gasteiger partial charge >= 0.3 is 0 Å². The lowest BCUT2D eigenvalue weighted by Gasteiger charge is -2.10. The number of benzene rings is 1. The molecule has 0 spiro atoms. The van der Waals surface area contributed by atoms with Crippen LogP contribution in [0.4, 0.5) is 0 Å². The van der Waals surface area contributed by atoms with E-state index in [1.807, 2.05) is 52.4 Å². The van der Waals surface area contributed by atoms with Gasteiger partial charge in [0.25, 0.3) is 5.91 Å². The van der Waals surface area contributed by atoms with Crippen molar-refractivity contribution in [1.29, 1.82) is 0 Å². The number of aromatic nitrogens is 3. The molecule has 3 aromatic heterocycles. The average molecular weight is 378 g/mol. The van der Waals surface area contributed by atoms with E-state index in [4.69, 9.17) is 4.74 Å². The third kappa shape index (κ3) is 3.68. The number of ether oxygens (including phenoxy) is 1. The number of methoxy groups -OCH3 is 1. The fourth-order valence-electron chi connectivity index (χ4n) is 2.91. The van der Waals surface area contributed by atoms with Crippen molar-refractivity contribution >= 4 is 28.4 Å². The van der Waals surface area contributed by atoms with E-state index in [0.717, 1.165) is 28.3 Å². The Morgan fingerprint density at radius 1 is 1.22 bits per heavy atom. The molecular formula is C20H18N4O2S. The number of hydrogen-bond donors (Lipinski definition) is 1. The van der Waals surface area contributed by atoms with Crippen LogP contribution in [-0.4, -0.2) is 27.6 Å². The maximum Gasteiger partial charge on any atom is 0.261 e. The summed E-state index contributed by atoms with van der Waals surface area (Å²) in [6.45, 7) is 0.923. The molecule has 0 unspecified atom stereocenters. The van der Waals surface area contributed by atoms with Crippen molar-refractivity contribution in [3.05, 3.63) is 76.4 Å². The molecule has 0 radical (unpaired) electrons. The molecule has 4 aromatic rings. The molecule has 0 saturated carbocycles. The van der Waals surface area contributed by atoms with Gasteiger partial charge in [-0.25, -0.2) is 9.97 Å². The highest BCUT2D eigenvalue weighted by Crippen LogP contribution is 2.19. The third-order valence-corrected chi connectivity index (χ3v) is 5.08. The summed E-state index contributed by atoms with van der Waals surface area (Å²) in [5, 5.41) is 4.83. The molecule has 0 saturated heterocycles. The van der Waals surface area contributed by atoms with Gasteiger partial charge < -0.3 is 14.6 Å². The number of nitrogens with one attached hydrogen (secondary N) is 1. The maximum absolute atomic E-state index is 12.3. The highest BCUT2D eigenvalue weighted by atomic mass is 32.1. The Morgan fingerprint density at radius 3 is 2.96 bits per heavy atom. The highest BCUT2D eigenvalue weighted by molar-refractivity contribution is 7.12. The summed E-state index contributed by atoms with van der Waals surface area (Å²) in [5.74, 6) is 1.46. The summed E-state index contributed by atoms with van der Waals surface area (Å²) in [6.07, 6.45) is 1.75. The Labute approximate surface area is 160 Å². The molecule has 0 aliphatic carbocycles. The van der Waals surface area contributed by atoms with E-state index in [2.05, 4.69) is 15.3 Å². The van der Waals surface area contributed by atoms with Gasteiger partial charge in [0.1, 0.15) is 17.1 Å². The number of amides is 1. The van der Waals surface area contributed by atoms with E-state index < -0.39 is 0 Å². The van der Waals surface area contributed by atoms with Crippen LogP contribution in [0.3, 0.4) is 0 Å². The summed E-state index contributed by atoms with van der Waals surface area (Å²) in [4.78, 5) is 22.1. The summed E-state index contributed by atoms with van der Waals surface area (Å²) >= 11 is 1.42. The first-order valence-corrected chi connectivity index (χ1v) is 9.37. The van der Waals surface area contributed by atoms with Gasteiger partial charge in [0.05, 0.1) is 25.1 Å². The summed E-state index contributed by atoms with van der Waals surface area (Å²) in [7, 11) is 1.65. The van der Waals surface area contributed by atoms with Gasteiger partial charge in [-0.2, -0.15) is 0 Å². The van der Waals surface area contributed by atoms with Crippen molar-refractivity contribution in [2.45, 2.75) is 13.1 Å². The van der Waals surface area contributed by atoms with Crippen LogP contribution in [0.2, 0.25) is 0 Å². The van der Waals surface area contributed by atoms with Gasteiger partial charge in [-0.1, -0.05) is 18.2 Å². The minimum atomic E-state index is -0.0991. The van der Waals surface area contributed by atoms with E-state index in [1.54, 1.807) is 19.4 Å². The lowest BCUT2D eigenvalue weighted by atomic mass is 10.2. The zero-order chi connectivity index (χ0) is 18.6. The van der Waals surface area contributed by atoms with Crippen molar-refractivity contribution in [2.24, 2.45) is 0 Å². The number of thiophene rings is 1. The van der Waals surface area contributed by atoms with Crippen LogP contribution in [0, 0.1) is 0 Å². The van der Waals surface area contributed by atoms with Crippen molar-refractivity contribution < 1.29 is 9.53 Å². The Balaban J connectivity index is 1.63. The minimum Gasteiger partial charge on any atom is -0.497 e. The van der Waals surface area contributed by atoms with Crippen molar-refractivity contribution in [3.8, 4) is 5.75 Å². The van der Waals surface area contributed by atoms with Gasteiger partial charge in [-0.05, 0) is 41.3 Å². The molecule has 136 valence electrons. The molecule has 27 heavy (non-hydrogen) atoms. The SMILES string of the molecule is COc1cccc(Cn2c(CNC(=O)c3cccs3)nc3cccnc32)c1. The summed E-state index contributed by atoms with van der Waals surface area (Å²) < 4.78 is 7.34. The smallest absolute Gasteiger partial charge is 0.261 e. The van der Waals surface area contributed by atoms with Crippen molar-refractivity contribution in [3.63, 3.8) is 0 Å². The summed E-state index contributed by atoms with van der Waals surface area (Å²) in [5.41, 5.74) is 2.67. The molecule has 0 aliphatic rings. The molecule has 0 atom stereocenters. The van der Waals surface area contributed by atoms with Crippen molar-refractivity contribution in [1.82, 2.24) is 19.9 Å². The largest absolute Gasteiger partial charge is 0.497 e. The Morgan fingerprint density at radius 2 is 2.15 bits per heavy atom. The van der Waals surface area contributed by atoms with E-state index in [9.17, 15) is 4.79 Å². The Bertz CT molecular complexity index is 1070. The van der Waals surface area contributed by atoms with Crippen LogP contribution in [0.5, 0.6) is 5.75 Å². The van der Waals surface area contributed by atoms with Crippen LogP contribution in [0.1, 0.15) is 21.1 Å². The van der Waals surface area contributed by atoms with Gasteiger partial charge in [-0.15, -0.1) is 11.3 Å². The molecular weight excluding hydrogens is 360 g/mol. The van der Waals surface area contributed by atoms with E-state index in [1.165, 1.54) is 11.3 Å². The molecule has 1 amide bonds. The van der Waals surface area contributed by atoms with Gasteiger partial charge in [0, 0.05) is 6.20 Å². The number of carbonyl (C=O) groups excluding carboxylic acids is 1. The second-order valence-corrected chi connectivity index (χ2v) is 6.92. The van der Waals surface area contributed by atoms with Crippen LogP contribution in [0.25, 0.3) is 11.2 Å². The Hall–Kier alpha value is -3.19. The Kier molecular flexibility index (Phi) is 4.84. The molecule has 3 heterocycles. The second kappa shape index (κ2) is 7.59. The van der Waals surface area contributed by atoms with Crippen molar-refractivity contribution in [2.75, 3.05) is 7.11 Å². The average Bonchev–Trinajstić information content (AvgIpc) is 3.35.